The second-order valence-electron chi connectivity index (χ2n) is 7.09. The van der Waals surface area contributed by atoms with Gasteiger partial charge in [0.15, 0.2) is 11.5 Å². The smallest absolute Gasteiger partial charge is 0.329 e. The Balaban J connectivity index is 1.62. The van der Waals surface area contributed by atoms with Crippen LogP contribution in [0.25, 0.3) is 0 Å². The van der Waals surface area contributed by atoms with Crippen molar-refractivity contribution in [3.05, 3.63) is 87.4 Å². The van der Waals surface area contributed by atoms with Crippen LogP contribution in [0.1, 0.15) is 22.3 Å². The van der Waals surface area contributed by atoms with Gasteiger partial charge < -0.3 is 14.8 Å². The van der Waals surface area contributed by atoms with Crippen molar-refractivity contribution in [2.75, 3.05) is 12.4 Å². The topological polar surface area (TPSA) is 113 Å². The molecule has 2 amide bonds. The zero-order valence-corrected chi connectivity index (χ0v) is 20.0. The van der Waals surface area contributed by atoms with E-state index in [2.05, 4.69) is 31.8 Å². The van der Waals surface area contributed by atoms with Crippen LogP contribution in [0, 0.1) is 18.3 Å². The predicted octanol–water partition coefficient (Wildman–Crippen LogP) is 4.31. The first-order valence-corrected chi connectivity index (χ1v) is 10.9. The molecule has 172 valence electrons. The highest BCUT2D eigenvalue weighted by molar-refractivity contribution is 9.10. The first kappa shape index (κ1) is 24.5. The number of hydrogen-bond donors (Lipinski definition) is 2. The van der Waals surface area contributed by atoms with Gasteiger partial charge in [0.05, 0.1) is 29.4 Å². The van der Waals surface area contributed by atoms with Gasteiger partial charge in [-0.1, -0.05) is 24.3 Å². The van der Waals surface area contributed by atoms with Crippen LogP contribution in [-0.2, 0) is 16.2 Å². The average molecular weight is 521 g/mol. The summed E-state index contributed by atoms with van der Waals surface area (Å²) >= 11 is 3.48. The summed E-state index contributed by atoms with van der Waals surface area (Å²) in [4.78, 5) is 24.0. The number of aryl methyl sites for hydroxylation is 1. The Kier molecular flexibility index (Phi) is 8.37. The molecule has 0 spiro atoms. The number of carbonyl (C=O) groups is 2. The molecule has 0 saturated heterocycles. The van der Waals surface area contributed by atoms with Gasteiger partial charge in [-0.05, 0) is 75.9 Å². The third kappa shape index (κ3) is 6.43. The first-order valence-electron chi connectivity index (χ1n) is 10.1. The van der Waals surface area contributed by atoms with Crippen LogP contribution in [-0.4, -0.2) is 25.1 Å². The highest BCUT2D eigenvalue weighted by Gasteiger charge is 2.14. The van der Waals surface area contributed by atoms with Crippen LogP contribution in [0.5, 0.6) is 11.5 Å². The summed E-state index contributed by atoms with van der Waals surface area (Å²) in [6.07, 6.45) is 1.38. The van der Waals surface area contributed by atoms with Crippen LogP contribution in [0.4, 0.5) is 5.69 Å². The zero-order chi connectivity index (χ0) is 24.5. The van der Waals surface area contributed by atoms with Gasteiger partial charge in [-0.3, -0.25) is 9.59 Å². The fourth-order valence-electron chi connectivity index (χ4n) is 2.91. The van der Waals surface area contributed by atoms with Crippen molar-refractivity contribution in [1.82, 2.24) is 5.43 Å². The number of nitrogens with zero attached hydrogens (tertiary/aromatic N) is 2. The van der Waals surface area contributed by atoms with Crippen molar-refractivity contribution in [3.63, 3.8) is 0 Å². The molecule has 0 radical (unpaired) electrons. The van der Waals surface area contributed by atoms with Crippen LogP contribution >= 0.6 is 15.9 Å². The van der Waals surface area contributed by atoms with E-state index < -0.39 is 11.8 Å². The molecule has 0 atom stereocenters. The fourth-order valence-corrected chi connectivity index (χ4v) is 3.48. The number of rotatable bonds is 7. The Hall–Kier alpha value is -4.16. The molecule has 0 unspecified atom stereocenters. The maximum atomic E-state index is 12.0. The number of methoxy groups -OCH3 is 1. The molecule has 3 aromatic carbocycles. The van der Waals surface area contributed by atoms with E-state index in [9.17, 15) is 9.59 Å². The Morgan fingerprint density at radius 1 is 1.12 bits per heavy atom. The van der Waals surface area contributed by atoms with Gasteiger partial charge in [-0.15, -0.1) is 0 Å². The number of ether oxygens (including phenoxy) is 2. The summed E-state index contributed by atoms with van der Waals surface area (Å²) in [6, 6.07) is 19.5. The van der Waals surface area contributed by atoms with Crippen molar-refractivity contribution in [2.45, 2.75) is 13.5 Å². The van der Waals surface area contributed by atoms with Gasteiger partial charge in [0.25, 0.3) is 0 Å². The Morgan fingerprint density at radius 2 is 1.85 bits per heavy atom. The second-order valence-corrected chi connectivity index (χ2v) is 7.95. The van der Waals surface area contributed by atoms with Crippen LogP contribution < -0.4 is 20.2 Å². The normalized spacial score (nSPS) is 10.4. The van der Waals surface area contributed by atoms with Gasteiger partial charge in [-0.2, -0.15) is 10.4 Å². The summed E-state index contributed by atoms with van der Waals surface area (Å²) in [5.41, 5.74) is 5.80. The van der Waals surface area contributed by atoms with E-state index in [0.29, 0.717) is 39.4 Å². The van der Waals surface area contributed by atoms with Crippen molar-refractivity contribution in [1.29, 1.82) is 5.26 Å². The largest absolute Gasteiger partial charge is 0.493 e. The first-order chi connectivity index (χ1) is 16.4. The lowest BCUT2D eigenvalue weighted by Crippen LogP contribution is -2.32. The monoisotopic (exact) mass is 520 g/mol. The summed E-state index contributed by atoms with van der Waals surface area (Å²) < 4.78 is 12.1. The number of anilines is 1. The van der Waals surface area contributed by atoms with Gasteiger partial charge >= 0.3 is 11.8 Å². The van der Waals surface area contributed by atoms with Crippen molar-refractivity contribution in [3.8, 4) is 17.6 Å². The minimum absolute atomic E-state index is 0.374. The fraction of sp³-hybridized carbons (Fsp3) is 0.120. The van der Waals surface area contributed by atoms with Gasteiger partial charge in [0.1, 0.15) is 6.61 Å². The number of amides is 2. The number of hydrazone groups is 1. The molecule has 0 aromatic heterocycles. The Labute approximate surface area is 205 Å². The number of hydrogen-bond acceptors (Lipinski definition) is 6. The highest BCUT2D eigenvalue weighted by atomic mass is 79.9. The third-order valence-electron chi connectivity index (χ3n) is 4.74. The minimum atomic E-state index is -0.940. The molecule has 0 bridgehead atoms. The summed E-state index contributed by atoms with van der Waals surface area (Å²) in [5.74, 6) is -0.812. The lowest BCUT2D eigenvalue weighted by Gasteiger charge is -2.14. The van der Waals surface area contributed by atoms with Crippen molar-refractivity contribution in [2.24, 2.45) is 5.10 Å². The van der Waals surface area contributed by atoms with E-state index in [-0.39, 0.29) is 0 Å². The van der Waals surface area contributed by atoms with Crippen molar-refractivity contribution >= 4 is 39.6 Å². The number of carbonyl (C=O) groups excluding carboxylic acids is 2. The predicted molar refractivity (Wildman–Crippen MR) is 132 cm³/mol. The molecule has 9 heteroatoms. The van der Waals surface area contributed by atoms with E-state index in [1.807, 2.05) is 37.3 Å². The van der Waals surface area contributed by atoms with E-state index in [1.54, 1.807) is 12.1 Å². The third-order valence-corrected chi connectivity index (χ3v) is 5.33. The summed E-state index contributed by atoms with van der Waals surface area (Å²) in [5, 5.41) is 15.1. The van der Waals surface area contributed by atoms with E-state index in [0.717, 1.165) is 11.1 Å². The van der Waals surface area contributed by atoms with Crippen LogP contribution in [0.2, 0.25) is 0 Å². The molecular weight excluding hydrogens is 500 g/mol. The molecular formula is C25H21BrN4O4. The maximum absolute atomic E-state index is 12.0. The number of benzene rings is 3. The summed E-state index contributed by atoms with van der Waals surface area (Å²) in [7, 11) is 1.53. The number of halogens is 1. The minimum Gasteiger partial charge on any atom is -0.493 e. The standard InChI is InChI=1S/C25H21BrN4O4/c1-16-5-3-4-6-19(16)15-34-23-21(26)11-18(12-22(23)33-2)14-28-30-25(32)24(31)29-20-9-7-17(13-27)8-10-20/h3-12,14H,15H2,1-2H3,(H,29,31)(H,30,32). The molecule has 0 saturated carbocycles. The highest BCUT2D eigenvalue weighted by Crippen LogP contribution is 2.37. The molecule has 34 heavy (non-hydrogen) atoms. The maximum Gasteiger partial charge on any atom is 0.329 e. The van der Waals surface area contributed by atoms with E-state index >= 15 is 0 Å². The number of nitrogens with one attached hydrogen (secondary N) is 2. The van der Waals surface area contributed by atoms with Crippen LogP contribution in [0.15, 0.2) is 70.2 Å². The van der Waals surface area contributed by atoms with E-state index in [1.165, 1.54) is 37.6 Å². The van der Waals surface area contributed by atoms with Gasteiger partial charge in [0, 0.05) is 5.69 Å². The van der Waals surface area contributed by atoms with E-state index in [4.69, 9.17) is 14.7 Å². The molecule has 0 fully saturated rings. The molecule has 0 heterocycles. The van der Waals surface area contributed by atoms with Crippen molar-refractivity contribution < 1.29 is 19.1 Å². The average Bonchev–Trinajstić information content (AvgIpc) is 2.84. The van der Waals surface area contributed by atoms with Gasteiger partial charge in [0.2, 0.25) is 0 Å². The Morgan fingerprint density at radius 3 is 2.53 bits per heavy atom. The molecule has 0 aliphatic rings. The second kappa shape index (κ2) is 11.6. The van der Waals surface area contributed by atoms with Gasteiger partial charge in [-0.25, -0.2) is 5.43 Å². The van der Waals surface area contributed by atoms with Crippen LogP contribution in [0.3, 0.4) is 0 Å². The lowest BCUT2D eigenvalue weighted by molar-refractivity contribution is -0.136. The molecule has 0 aliphatic carbocycles. The number of nitriles is 1. The zero-order valence-electron chi connectivity index (χ0n) is 18.5. The molecule has 2 N–H and O–H groups in total. The molecule has 3 rings (SSSR count). The SMILES string of the molecule is COc1cc(C=NNC(=O)C(=O)Nc2ccc(C#N)cc2)cc(Br)c1OCc1ccccc1C. The molecule has 3 aromatic rings. The lowest BCUT2D eigenvalue weighted by atomic mass is 10.1. The molecule has 0 aliphatic heterocycles. The molecule has 8 nitrogen and oxygen atoms in total. The Bertz CT molecular complexity index is 1270. The quantitative estimate of drug-likeness (QED) is 0.274. The summed E-state index contributed by atoms with van der Waals surface area (Å²) in [6.45, 7) is 2.39.